The quantitative estimate of drug-likeness (QED) is 0.236. The van der Waals surface area contributed by atoms with Crippen molar-refractivity contribution in [3.63, 3.8) is 0 Å². The van der Waals surface area contributed by atoms with Gasteiger partial charge in [-0.2, -0.15) is 15.6 Å². The zero-order chi connectivity index (χ0) is 9.00. The fourth-order valence-electron chi connectivity index (χ4n) is 0. The zero-order valence-corrected chi connectivity index (χ0v) is 18.3. The monoisotopic (exact) mass is 478 g/mol. The molecule has 0 aliphatic rings. The second-order valence-corrected chi connectivity index (χ2v) is 2.68. The molecule has 0 aromatic carbocycles. The van der Waals surface area contributed by atoms with E-state index in [4.69, 9.17) is 38.5 Å². The van der Waals surface area contributed by atoms with Gasteiger partial charge in [0.05, 0.1) is 0 Å². The Bertz CT molecular complexity index is 135. The molecule has 0 unspecified atom stereocenters. The molecule has 0 saturated carbocycles. The van der Waals surface area contributed by atoms with Crippen molar-refractivity contribution >= 4 is 84.8 Å². The molecule has 24 N–H and O–H groups in total. The van der Waals surface area contributed by atoms with Crippen LogP contribution < -0.4 is 29.4 Å². The van der Waals surface area contributed by atoms with Gasteiger partial charge in [0.25, 0.3) is 0 Å². The maximum Gasteiger partial charge on any atom is 2.00 e. The van der Waals surface area contributed by atoms with Crippen molar-refractivity contribution in [1.82, 2.24) is 0 Å². The predicted octanol–water partition coefficient (Wildman–Crippen LogP) is -16.7. The molecule has 25 heavy (non-hydrogen) atoms. The van der Waals surface area contributed by atoms with E-state index in [2.05, 4.69) is 0 Å². The van der Waals surface area contributed by atoms with Crippen LogP contribution in [0.2, 0.25) is 0 Å². The zero-order valence-electron chi connectivity index (χ0n) is 12.3. The fourth-order valence-corrected chi connectivity index (χ4v) is 0. The van der Waals surface area contributed by atoms with Crippen LogP contribution in [-0.2, 0) is 9.13 Å². The first-order valence-corrected chi connectivity index (χ1v) is 4.38. The van der Waals surface area contributed by atoms with Crippen molar-refractivity contribution in [3.8, 4) is 0 Å². The number of hydrogen-bond acceptors (Lipinski definition) is 8. The van der Waals surface area contributed by atoms with E-state index in [1.165, 1.54) is 0 Å². The van der Waals surface area contributed by atoms with Crippen molar-refractivity contribution < 1.29 is 104 Å². The molecule has 0 aromatic rings. The molecule has 0 spiro atoms. The Morgan fingerprint density at radius 2 is 0.320 bits per heavy atom. The molecule has 0 aliphatic heterocycles. The number of rotatable bonds is 0. The van der Waals surface area contributed by atoms with Crippen molar-refractivity contribution in [2.45, 2.75) is 0 Å². The molecule has 0 aromatic heterocycles. The molecule has 0 bridgehead atoms. The molecule has 160 valence electrons. The summed E-state index contributed by atoms with van der Waals surface area (Å²) in [6, 6.07) is 0. The number of phosphoric acid groups is 2. The summed E-state index contributed by atoms with van der Waals surface area (Å²) in [5.41, 5.74) is 0. The van der Waals surface area contributed by atoms with Crippen LogP contribution in [0.5, 0.6) is 0 Å². The molecule has 0 radical (unpaired) electrons. The van der Waals surface area contributed by atoms with Crippen LogP contribution in [0.25, 0.3) is 0 Å². The minimum absolute atomic E-state index is 0. The van der Waals surface area contributed by atoms with E-state index in [9.17, 15) is 0 Å². The summed E-state index contributed by atoms with van der Waals surface area (Å²) in [7, 11) is -10.8. The van der Waals surface area contributed by atoms with Gasteiger partial charge < -0.3 is 104 Å². The Morgan fingerprint density at radius 1 is 0.320 bits per heavy atom. The van der Waals surface area contributed by atoms with Gasteiger partial charge in [0, 0.05) is 0 Å². The molecular weight excluding hydrogens is 455 g/mol. The average molecular weight is 479 g/mol. The SMILES string of the molecule is O.O.O.O.O.O.O.O.O.O.O.O.O=P([O-])([O-])[O-].O=P([O-])([O-])[O-].[Mg+2].[Mg+2].[Mg+2]. The molecule has 0 aliphatic carbocycles. The summed E-state index contributed by atoms with van der Waals surface area (Å²) in [6.45, 7) is 0. The second kappa shape index (κ2) is 82.8. The van der Waals surface area contributed by atoms with Crippen LogP contribution in [0, 0.1) is 0 Å². The van der Waals surface area contributed by atoms with Gasteiger partial charge in [-0.15, -0.1) is 0 Å². The first kappa shape index (κ1) is 182. The van der Waals surface area contributed by atoms with Gasteiger partial charge in [-0.3, -0.25) is 0 Å². The van der Waals surface area contributed by atoms with Crippen LogP contribution >= 0.6 is 15.6 Å². The van der Waals surface area contributed by atoms with Gasteiger partial charge >= 0.3 is 69.2 Å². The Balaban J connectivity index is -0.00000000213. The Hall–Kier alpha value is 2.04. The fraction of sp³-hybridized carbons (Fsp3) is 0. The standard InChI is InChI=1S/3Mg.2H3O4P.12H2O/c;;;2*1-5(2,3)4;;;;;;;;;;;;/h;;;2*(H3,1,2,3,4);12*1H2/q3*+2;;;;;;;;;;;;;;/p-6. The van der Waals surface area contributed by atoms with E-state index in [1.807, 2.05) is 0 Å². The van der Waals surface area contributed by atoms with Crippen LogP contribution in [-0.4, -0.2) is 135 Å². The van der Waals surface area contributed by atoms with E-state index in [0.29, 0.717) is 0 Å². The van der Waals surface area contributed by atoms with Crippen molar-refractivity contribution in [3.05, 3.63) is 0 Å². The minimum Gasteiger partial charge on any atom is -0.822 e. The van der Waals surface area contributed by atoms with Crippen molar-refractivity contribution in [2.24, 2.45) is 0 Å². The van der Waals surface area contributed by atoms with Crippen molar-refractivity contribution in [1.29, 1.82) is 0 Å². The van der Waals surface area contributed by atoms with Crippen LogP contribution in [0.15, 0.2) is 0 Å². The molecule has 20 nitrogen and oxygen atoms in total. The third-order valence-electron chi connectivity index (χ3n) is 0. The van der Waals surface area contributed by atoms with Gasteiger partial charge in [-0.25, -0.2) is 0 Å². The third kappa shape index (κ3) is 3620. The summed E-state index contributed by atoms with van der Waals surface area (Å²) in [6.07, 6.45) is 0. The summed E-state index contributed by atoms with van der Waals surface area (Å²) in [5.74, 6) is 0. The Kier molecular flexibility index (Phi) is 603. The molecule has 0 rings (SSSR count). The molecular formula is H24Mg3O20P2. The number of hydrogen-bond donors (Lipinski definition) is 0. The summed E-state index contributed by atoms with van der Waals surface area (Å²) < 4.78 is 17.1. The van der Waals surface area contributed by atoms with Gasteiger partial charge in [0.15, 0.2) is 0 Å². The van der Waals surface area contributed by atoms with Gasteiger partial charge in [-0.05, 0) is 0 Å². The van der Waals surface area contributed by atoms with Crippen LogP contribution in [0.1, 0.15) is 0 Å². The summed E-state index contributed by atoms with van der Waals surface area (Å²) in [5, 5.41) is 0. The smallest absolute Gasteiger partial charge is 0.822 e. The predicted molar refractivity (Wildman–Crippen MR) is 75.8 cm³/mol. The van der Waals surface area contributed by atoms with E-state index < -0.39 is 15.6 Å². The molecule has 0 atom stereocenters. The van der Waals surface area contributed by atoms with E-state index in [0.717, 1.165) is 0 Å². The van der Waals surface area contributed by atoms with E-state index in [1.54, 1.807) is 0 Å². The van der Waals surface area contributed by atoms with Gasteiger partial charge in [-0.1, -0.05) is 0 Å². The average Bonchev–Trinajstić information content (AvgIpc) is 1.12. The van der Waals surface area contributed by atoms with Crippen LogP contribution in [0.3, 0.4) is 0 Å². The van der Waals surface area contributed by atoms with Crippen LogP contribution in [0.4, 0.5) is 0 Å². The normalized spacial score (nSPS) is 4.72. The van der Waals surface area contributed by atoms with Gasteiger partial charge in [0.2, 0.25) is 0 Å². The van der Waals surface area contributed by atoms with E-state index >= 15 is 0 Å². The largest absolute Gasteiger partial charge is 2.00 e. The molecule has 0 heterocycles. The van der Waals surface area contributed by atoms with Crippen molar-refractivity contribution in [2.75, 3.05) is 0 Å². The molecule has 0 fully saturated rings. The van der Waals surface area contributed by atoms with E-state index in [-0.39, 0.29) is 135 Å². The first-order chi connectivity index (χ1) is 4.00. The maximum atomic E-state index is 8.55. The molecule has 0 amide bonds. The maximum absolute atomic E-state index is 8.55. The molecule has 0 saturated heterocycles. The minimum atomic E-state index is -5.39. The molecule has 25 heteroatoms. The summed E-state index contributed by atoms with van der Waals surface area (Å²) in [4.78, 5) is 51.3. The third-order valence-corrected chi connectivity index (χ3v) is 0. The summed E-state index contributed by atoms with van der Waals surface area (Å²) >= 11 is 0. The second-order valence-electron chi connectivity index (χ2n) is 0.894. The first-order valence-electron chi connectivity index (χ1n) is 1.46. The van der Waals surface area contributed by atoms with Gasteiger partial charge in [0.1, 0.15) is 0 Å². The Morgan fingerprint density at radius 3 is 0.320 bits per heavy atom. The Labute approximate surface area is 188 Å². The topological polar surface area (TPSA) is 550 Å².